The van der Waals surface area contributed by atoms with Crippen LogP contribution in [0.4, 0.5) is 0 Å². The highest BCUT2D eigenvalue weighted by Gasteiger charge is 2.29. The SMILES string of the molecule is NC(=O)CCC(NC(=O)C(CS)NC(=O)C(CS)NC(=O)C(N)Cc1c[nH]c2ccccc12)C(=O)O. The molecule has 4 amide bonds. The zero-order chi connectivity index (χ0) is 26.8. The Morgan fingerprint density at radius 2 is 1.47 bits per heavy atom. The molecule has 1 aromatic heterocycles. The molecule has 0 fully saturated rings. The predicted molar refractivity (Wildman–Crippen MR) is 140 cm³/mol. The largest absolute Gasteiger partial charge is 0.480 e. The maximum Gasteiger partial charge on any atom is 0.326 e. The average Bonchev–Trinajstić information content (AvgIpc) is 3.25. The summed E-state index contributed by atoms with van der Waals surface area (Å²) in [6, 6.07) is 2.89. The molecule has 0 spiro atoms. The number of carbonyl (C=O) groups excluding carboxylic acids is 4. The van der Waals surface area contributed by atoms with Crippen molar-refractivity contribution in [2.45, 2.75) is 43.4 Å². The van der Waals surface area contributed by atoms with E-state index >= 15 is 0 Å². The second-order valence-electron chi connectivity index (χ2n) is 8.06. The van der Waals surface area contributed by atoms with Crippen molar-refractivity contribution >= 4 is 65.8 Å². The van der Waals surface area contributed by atoms with Gasteiger partial charge in [-0.15, -0.1) is 0 Å². The minimum atomic E-state index is -1.38. The normalized spacial score (nSPS) is 14.3. The quantitative estimate of drug-likeness (QED) is 0.133. The Morgan fingerprint density at radius 1 is 0.917 bits per heavy atom. The lowest BCUT2D eigenvalue weighted by atomic mass is 10.0. The lowest BCUT2D eigenvalue weighted by molar-refractivity contribution is -0.142. The van der Waals surface area contributed by atoms with Gasteiger partial charge >= 0.3 is 5.97 Å². The van der Waals surface area contributed by atoms with Gasteiger partial charge in [0.1, 0.15) is 18.1 Å². The van der Waals surface area contributed by atoms with Crippen LogP contribution in [-0.4, -0.2) is 75.4 Å². The van der Waals surface area contributed by atoms with E-state index in [1.54, 1.807) is 6.20 Å². The standard InChI is InChI=1S/C22H30N6O6S2/c23-13(7-11-8-25-14-4-2-1-3-12(11)14)19(30)27-16(9-35)21(32)28-17(10-36)20(31)26-15(22(33)34)5-6-18(24)29/h1-4,8,13,15-17,25,35-36H,5-7,9-10,23H2,(H2,24,29)(H,26,31)(H,27,30)(H,28,32)(H,33,34). The number of aliphatic carboxylic acids is 1. The number of carboxylic acids is 1. The molecule has 0 radical (unpaired) electrons. The molecular formula is C22H30N6O6S2. The zero-order valence-electron chi connectivity index (χ0n) is 19.3. The van der Waals surface area contributed by atoms with Crippen molar-refractivity contribution in [2.75, 3.05) is 11.5 Å². The molecule has 12 nitrogen and oxygen atoms in total. The fourth-order valence-corrected chi connectivity index (χ4v) is 3.90. The van der Waals surface area contributed by atoms with Crippen LogP contribution >= 0.6 is 25.3 Å². The van der Waals surface area contributed by atoms with E-state index in [9.17, 15) is 29.1 Å². The van der Waals surface area contributed by atoms with Crippen LogP contribution in [0.5, 0.6) is 0 Å². The summed E-state index contributed by atoms with van der Waals surface area (Å²) in [5.41, 5.74) is 12.8. The monoisotopic (exact) mass is 538 g/mol. The second-order valence-corrected chi connectivity index (χ2v) is 8.79. The Morgan fingerprint density at radius 3 is 2.03 bits per heavy atom. The van der Waals surface area contributed by atoms with Gasteiger partial charge in [-0.2, -0.15) is 25.3 Å². The molecule has 9 N–H and O–H groups in total. The number of fused-ring (bicyclic) bond motifs is 1. The number of nitrogens with two attached hydrogens (primary N) is 2. The minimum absolute atomic E-state index is 0.0886. The molecule has 196 valence electrons. The highest BCUT2D eigenvalue weighted by molar-refractivity contribution is 7.80. The van der Waals surface area contributed by atoms with Crippen LogP contribution in [0, 0.1) is 0 Å². The first-order valence-corrected chi connectivity index (χ1v) is 12.3. The number of hydrogen-bond donors (Lipinski definition) is 9. The molecule has 0 bridgehead atoms. The summed E-state index contributed by atoms with van der Waals surface area (Å²) in [6.07, 6.45) is 1.53. The number of rotatable bonds is 14. The van der Waals surface area contributed by atoms with Crippen molar-refractivity contribution < 1.29 is 29.1 Å². The summed E-state index contributed by atoms with van der Waals surface area (Å²) in [7, 11) is 0. The van der Waals surface area contributed by atoms with Crippen molar-refractivity contribution in [3.8, 4) is 0 Å². The van der Waals surface area contributed by atoms with E-state index in [1.165, 1.54) is 0 Å². The van der Waals surface area contributed by atoms with E-state index < -0.39 is 53.8 Å². The van der Waals surface area contributed by atoms with Crippen molar-refractivity contribution in [2.24, 2.45) is 11.5 Å². The van der Waals surface area contributed by atoms with E-state index in [0.29, 0.717) is 0 Å². The van der Waals surface area contributed by atoms with Crippen molar-refractivity contribution in [3.63, 3.8) is 0 Å². The Hall–Kier alpha value is -3.23. The number of aromatic amines is 1. The third-order valence-corrected chi connectivity index (χ3v) is 6.11. The van der Waals surface area contributed by atoms with Crippen LogP contribution in [0.2, 0.25) is 0 Å². The van der Waals surface area contributed by atoms with Gasteiger partial charge in [-0.05, 0) is 24.5 Å². The van der Waals surface area contributed by atoms with Crippen molar-refractivity contribution in [3.05, 3.63) is 36.0 Å². The van der Waals surface area contributed by atoms with Gasteiger partial charge in [-0.3, -0.25) is 19.2 Å². The van der Waals surface area contributed by atoms with Gasteiger partial charge in [0.05, 0.1) is 6.04 Å². The number of thiol groups is 2. The molecule has 2 aromatic rings. The number of primary amides is 1. The fraction of sp³-hybridized carbons (Fsp3) is 0.409. The summed E-state index contributed by atoms with van der Waals surface area (Å²) in [4.78, 5) is 63.3. The highest BCUT2D eigenvalue weighted by Crippen LogP contribution is 2.18. The molecular weight excluding hydrogens is 508 g/mol. The van der Waals surface area contributed by atoms with E-state index in [0.717, 1.165) is 16.5 Å². The Labute approximate surface area is 218 Å². The molecule has 14 heteroatoms. The molecule has 4 unspecified atom stereocenters. The van der Waals surface area contributed by atoms with E-state index in [2.05, 4.69) is 46.2 Å². The van der Waals surface area contributed by atoms with Crippen LogP contribution in [0.25, 0.3) is 10.9 Å². The number of aromatic nitrogens is 1. The summed E-state index contributed by atoms with van der Waals surface area (Å²) in [5, 5.41) is 17.4. The van der Waals surface area contributed by atoms with Gasteiger partial charge in [-0.1, -0.05) is 18.2 Å². The zero-order valence-corrected chi connectivity index (χ0v) is 21.1. The smallest absolute Gasteiger partial charge is 0.326 e. The number of carboxylic acid groups (broad SMARTS) is 1. The van der Waals surface area contributed by atoms with Crippen molar-refractivity contribution in [1.82, 2.24) is 20.9 Å². The first-order chi connectivity index (χ1) is 17.1. The molecule has 0 aliphatic heterocycles. The van der Waals surface area contributed by atoms with E-state index in [4.69, 9.17) is 11.5 Å². The van der Waals surface area contributed by atoms with E-state index in [-0.39, 0.29) is 30.8 Å². The summed E-state index contributed by atoms with van der Waals surface area (Å²) in [6.45, 7) is 0. The van der Waals surface area contributed by atoms with Gasteiger partial charge in [0.2, 0.25) is 23.6 Å². The molecule has 0 aliphatic carbocycles. The second kappa shape index (κ2) is 13.8. The molecule has 0 saturated heterocycles. The third-order valence-electron chi connectivity index (χ3n) is 5.38. The lowest BCUT2D eigenvalue weighted by Crippen LogP contribution is -2.58. The Kier molecular flexibility index (Phi) is 11.1. The summed E-state index contributed by atoms with van der Waals surface area (Å²) < 4.78 is 0. The lowest BCUT2D eigenvalue weighted by Gasteiger charge is -2.23. The number of H-pyrrole nitrogens is 1. The molecule has 1 aromatic carbocycles. The number of para-hydroxylation sites is 1. The first-order valence-electron chi connectivity index (χ1n) is 11.0. The predicted octanol–water partition coefficient (Wildman–Crippen LogP) is -1.30. The van der Waals surface area contributed by atoms with Gasteiger partial charge in [0.25, 0.3) is 0 Å². The maximum absolute atomic E-state index is 12.7. The van der Waals surface area contributed by atoms with E-state index in [1.807, 2.05) is 24.3 Å². The van der Waals surface area contributed by atoms with Crippen LogP contribution < -0.4 is 27.4 Å². The van der Waals surface area contributed by atoms with Crippen LogP contribution in [0.3, 0.4) is 0 Å². The first kappa shape index (κ1) is 29.0. The van der Waals surface area contributed by atoms with Gasteiger partial charge in [0, 0.05) is 35.0 Å². The van der Waals surface area contributed by atoms with Gasteiger partial charge in [-0.25, -0.2) is 4.79 Å². The maximum atomic E-state index is 12.7. The van der Waals surface area contributed by atoms with Crippen molar-refractivity contribution in [1.29, 1.82) is 0 Å². The highest BCUT2D eigenvalue weighted by atomic mass is 32.1. The summed E-state index contributed by atoms with van der Waals surface area (Å²) in [5.74, 6) is -4.46. The van der Waals surface area contributed by atoms with Crippen LogP contribution in [0.15, 0.2) is 30.5 Å². The Balaban J connectivity index is 1.96. The summed E-state index contributed by atoms with van der Waals surface area (Å²) >= 11 is 8.15. The molecule has 0 aliphatic rings. The number of amides is 4. The molecule has 36 heavy (non-hydrogen) atoms. The number of nitrogens with one attached hydrogen (secondary N) is 4. The fourth-order valence-electron chi connectivity index (χ4n) is 3.39. The average molecular weight is 539 g/mol. The molecule has 0 saturated carbocycles. The molecule has 2 rings (SSSR count). The molecule has 4 atom stereocenters. The third kappa shape index (κ3) is 8.17. The van der Waals surface area contributed by atoms with Crippen LogP contribution in [0.1, 0.15) is 18.4 Å². The Bertz CT molecular complexity index is 1110. The number of hydrogen-bond acceptors (Lipinski definition) is 8. The van der Waals surface area contributed by atoms with Gasteiger partial charge in [0.15, 0.2) is 0 Å². The number of carbonyl (C=O) groups is 5. The topological polar surface area (TPSA) is 209 Å². The van der Waals surface area contributed by atoms with Gasteiger partial charge < -0.3 is 37.5 Å². The minimum Gasteiger partial charge on any atom is -0.480 e. The van der Waals surface area contributed by atoms with Crippen LogP contribution in [-0.2, 0) is 30.4 Å². The number of benzene rings is 1. The molecule has 1 heterocycles.